The first-order chi connectivity index (χ1) is 46.6. The molecule has 6 aromatic carbocycles. The van der Waals surface area contributed by atoms with Gasteiger partial charge in [-0.2, -0.15) is 0 Å². The molecule has 6 aromatic rings. The number of aliphatic hydroxyl groups excluding tert-OH is 6. The van der Waals surface area contributed by atoms with Crippen molar-refractivity contribution in [3.63, 3.8) is 0 Å². The number of nitro groups is 1. The number of methoxy groups -OCH3 is 1. The van der Waals surface area contributed by atoms with E-state index in [4.69, 9.17) is 74.6 Å². The van der Waals surface area contributed by atoms with Crippen molar-refractivity contribution in [3.8, 4) is 79.8 Å². The minimum atomic E-state index is -0.950. The number of nitrogens with zero attached hydrogens (tertiary/aromatic N) is 4. The zero-order valence-corrected chi connectivity index (χ0v) is 54.1. The number of aryl methyl sites for hydroxylation is 1. The highest BCUT2D eigenvalue weighted by Crippen LogP contribution is 2.39. The number of carbonyl (C=O) groups is 4. The van der Waals surface area contributed by atoms with E-state index in [1.54, 1.807) is 73.8 Å². The molecular formula is C79H71ClN4O13. The van der Waals surface area contributed by atoms with Gasteiger partial charge in [-0.1, -0.05) is 115 Å². The molecule has 0 bridgehead atoms. The summed E-state index contributed by atoms with van der Waals surface area (Å²) in [6, 6.07) is 35.5. The fourth-order valence-corrected chi connectivity index (χ4v) is 11.8. The Morgan fingerprint density at radius 2 is 0.876 bits per heavy atom. The second-order valence-corrected chi connectivity index (χ2v) is 23.1. The van der Waals surface area contributed by atoms with Gasteiger partial charge >= 0.3 is 0 Å². The Morgan fingerprint density at radius 3 is 1.30 bits per heavy atom. The largest absolute Gasteiger partial charge is 0.497 e. The maximum Gasteiger partial charge on any atom is 0.275 e. The number of hydrogen-bond donors (Lipinski definition) is 6. The Hall–Kier alpha value is -10.9. The lowest BCUT2D eigenvalue weighted by Gasteiger charge is -2.13. The lowest BCUT2D eigenvalue weighted by molar-refractivity contribution is -0.385. The number of terminal acetylenes is 6. The molecule has 0 amide bonds. The predicted molar refractivity (Wildman–Crippen MR) is 369 cm³/mol. The van der Waals surface area contributed by atoms with E-state index in [1.807, 2.05) is 55.5 Å². The minimum Gasteiger partial charge on any atom is -0.497 e. The third-order valence-electron chi connectivity index (χ3n) is 16.7. The first-order valence-corrected chi connectivity index (χ1v) is 30.8. The zero-order valence-electron chi connectivity index (χ0n) is 53.3. The van der Waals surface area contributed by atoms with Crippen LogP contribution in [0.4, 0.5) is 11.4 Å². The molecule has 12 atom stereocenters. The lowest BCUT2D eigenvalue weighted by Crippen LogP contribution is -2.25. The van der Waals surface area contributed by atoms with Crippen LogP contribution in [0, 0.1) is 134 Å². The van der Waals surface area contributed by atoms with Crippen molar-refractivity contribution in [2.75, 3.05) is 7.11 Å². The van der Waals surface area contributed by atoms with Crippen LogP contribution >= 0.6 is 11.6 Å². The van der Waals surface area contributed by atoms with Crippen LogP contribution in [0.3, 0.4) is 0 Å². The summed E-state index contributed by atoms with van der Waals surface area (Å²) in [5, 5.41) is 70.0. The molecule has 0 fully saturated rings. The molecule has 0 saturated heterocycles. The lowest BCUT2D eigenvalue weighted by atomic mass is 9.96. The summed E-state index contributed by atoms with van der Waals surface area (Å²) in [6.45, 7) is 23.1. The second kappa shape index (κ2) is 37.8. The zero-order chi connectivity index (χ0) is 71.5. The highest BCUT2D eigenvalue weighted by molar-refractivity contribution is 6.32. The number of fused-ring (bicyclic) bond motifs is 4. The van der Waals surface area contributed by atoms with E-state index in [0.717, 1.165) is 38.9 Å². The van der Waals surface area contributed by atoms with Crippen LogP contribution in [-0.2, 0) is 25.7 Å². The topological polar surface area (TPSA) is 255 Å². The summed E-state index contributed by atoms with van der Waals surface area (Å²) in [7, 11) is 1.56. The van der Waals surface area contributed by atoms with Gasteiger partial charge in [0, 0.05) is 88.6 Å². The number of benzene rings is 6. The van der Waals surface area contributed by atoms with Gasteiger partial charge in [0.1, 0.15) is 18.0 Å². The van der Waals surface area contributed by atoms with Gasteiger partial charge in [0.15, 0.2) is 28.8 Å². The van der Waals surface area contributed by atoms with Crippen LogP contribution in [-0.4, -0.2) is 102 Å². The highest BCUT2D eigenvalue weighted by atomic mass is 35.5. The van der Waals surface area contributed by atoms with Crippen LogP contribution < -0.4 is 4.74 Å². The summed E-state index contributed by atoms with van der Waals surface area (Å²) in [4.78, 5) is 68.6. The normalized spacial score (nSPS) is 17.8. The third kappa shape index (κ3) is 19.6. The first kappa shape index (κ1) is 76.8. The van der Waals surface area contributed by atoms with E-state index in [-0.39, 0.29) is 79.7 Å². The Labute approximate surface area is 571 Å². The third-order valence-corrected chi connectivity index (χ3v) is 17.0. The van der Waals surface area contributed by atoms with Gasteiger partial charge in [-0.3, -0.25) is 29.3 Å². The van der Waals surface area contributed by atoms with Crippen molar-refractivity contribution < 1.29 is 59.5 Å². The van der Waals surface area contributed by atoms with E-state index < -0.39 is 71.4 Å². The van der Waals surface area contributed by atoms with Gasteiger partial charge < -0.3 is 45.1 Å². The summed E-state index contributed by atoms with van der Waals surface area (Å²) in [5.41, 5.74) is 8.34. The summed E-state index contributed by atoms with van der Waals surface area (Å²) in [6.07, 6.45) is 28.6. The number of halogens is 1. The molecule has 0 heterocycles. The standard InChI is InChI=1S/C14H11NO2.C14H14O2.C13H11ClO2.C13H11NO4.C13H13NO2.C12H11NO/c1-3-5-13(16)11-8-10-9(14(11)17)6-4-7-12(10)15-2;1-3-5-13(15)12-8-11-9(2)6-4-7-10(11)14(12)16;1-2-4-12(15)10-7-9-8(13(10)16)5-3-6-11(9)14;1-2-4-12(15)10-7-9-8(13(10)16)5-3-6-11(9)14(17)18;1-4-6-12(15)13(14-2)10-7-5-8-11(9-10)16-3;1-3-7-11(14)12(13-2)10-8-5-4-6-9-10/h1,4,6-7,11,13,16H,5,8H2;1,4,6-7,12-13,15H,5,8H2,2H3;1,3,5-6,10,12,15H,4,7H2;1,3,5-6,10,12,15H,4,7H2;1,5,7-9,12-13,15H,6H2,3H3;1,4-6,8-9,11-12,14H,7H2. The van der Waals surface area contributed by atoms with E-state index in [1.165, 1.54) is 12.1 Å². The number of rotatable bonds is 16. The fourth-order valence-electron chi connectivity index (χ4n) is 11.6. The van der Waals surface area contributed by atoms with E-state index in [9.17, 15) is 59.9 Å². The molecule has 10 rings (SSSR count). The van der Waals surface area contributed by atoms with Crippen molar-refractivity contribution in [2.24, 2.45) is 23.7 Å². The SMILES string of the molecule is C#CCC(O)C1Cc2c(C)cccc2C1=O.C#CCC(O)C1Cc2c(Cl)cccc2C1=O.C#CCC(O)C1Cc2c(cccc2[N+](=O)[O-])C1=O.[C-]#[N+]C(c1cccc(OC)c1)C(O)CC#C.[C-]#[N+]C(c1ccccc1)C(O)CC#C.[C-]#[N+]c1cccc2c1CC(C(O)CC#C)C2=O. The monoisotopic (exact) mass is 1320 g/mol. The van der Waals surface area contributed by atoms with Gasteiger partial charge in [0.05, 0.1) is 66.7 Å². The summed E-state index contributed by atoms with van der Waals surface area (Å²) in [5.74, 6) is 12.5. The number of nitro benzene ring substituents is 1. The Bertz CT molecular complexity index is 4150. The molecule has 17 nitrogen and oxygen atoms in total. The number of Topliss-reactive ketones (excluding diaryl/α,β-unsaturated/α-hetero) is 4. The van der Waals surface area contributed by atoms with Crippen molar-refractivity contribution >= 4 is 46.1 Å². The quantitative estimate of drug-likeness (QED) is 0.0228. The molecular weight excluding hydrogens is 1250 g/mol. The van der Waals surface area contributed by atoms with Gasteiger partial charge in [-0.05, 0) is 73.1 Å². The smallest absolute Gasteiger partial charge is 0.275 e. The molecule has 97 heavy (non-hydrogen) atoms. The van der Waals surface area contributed by atoms with E-state index in [0.29, 0.717) is 58.0 Å². The average Bonchev–Trinajstić information content (AvgIpc) is 1.67. The summed E-state index contributed by atoms with van der Waals surface area (Å²) >= 11 is 6.01. The minimum absolute atomic E-state index is 0.0291. The first-order valence-electron chi connectivity index (χ1n) is 30.5. The molecule has 6 N–H and O–H groups in total. The van der Waals surface area contributed by atoms with Crippen LogP contribution in [0.2, 0.25) is 5.02 Å². The molecule has 4 aliphatic rings. The molecule has 0 radical (unpaired) electrons. The molecule has 0 saturated carbocycles. The predicted octanol–water partition coefficient (Wildman–Crippen LogP) is 11.2. The van der Waals surface area contributed by atoms with Gasteiger partial charge in [-0.25, -0.2) is 18.0 Å². The van der Waals surface area contributed by atoms with Crippen LogP contribution in [0.1, 0.15) is 131 Å². The number of ether oxygens (including phenoxy) is 1. The van der Waals surface area contributed by atoms with Crippen LogP contribution in [0.15, 0.2) is 127 Å². The molecule has 18 heteroatoms. The van der Waals surface area contributed by atoms with E-state index >= 15 is 0 Å². The highest BCUT2D eigenvalue weighted by Gasteiger charge is 2.41. The number of aliphatic hydroxyl groups is 6. The molecule has 0 spiro atoms. The molecule has 0 aromatic heterocycles. The van der Waals surface area contributed by atoms with Crippen LogP contribution in [0.5, 0.6) is 5.75 Å². The van der Waals surface area contributed by atoms with Crippen LogP contribution in [0.25, 0.3) is 14.5 Å². The maximum absolute atomic E-state index is 12.0. The molecule has 0 aliphatic heterocycles. The average molecular weight is 1320 g/mol. The van der Waals surface area contributed by atoms with Gasteiger partial charge in [0.25, 0.3) is 17.8 Å². The summed E-state index contributed by atoms with van der Waals surface area (Å²) < 4.78 is 5.06. The maximum atomic E-state index is 12.0. The van der Waals surface area contributed by atoms with Gasteiger partial charge in [-0.15, -0.1) is 74.1 Å². The Balaban J connectivity index is 0.000000211. The molecule has 12 unspecified atom stereocenters. The number of carbonyl (C=O) groups excluding carboxylic acids is 4. The number of hydrogen-bond acceptors (Lipinski definition) is 13. The van der Waals surface area contributed by atoms with Crippen molar-refractivity contribution in [1.82, 2.24) is 0 Å². The Morgan fingerprint density at radius 1 is 0.505 bits per heavy atom. The van der Waals surface area contributed by atoms with Gasteiger partial charge in [0.2, 0.25) is 0 Å². The molecule has 492 valence electrons. The van der Waals surface area contributed by atoms with Crippen molar-refractivity contribution in [1.29, 1.82) is 0 Å². The van der Waals surface area contributed by atoms with Crippen molar-refractivity contribution in [2.45, 2.75) is 120 Å². The van der Waals surface area contributed by atoms with Crippen molar-refractivity contribution in [3.05, 3.63) is 238 Å². The second-order valence-electron chi connectivity index (χ2n) is 22.7. The molecule has 4 aliphatic carbocycles. The van der Waals surface area contributed by atoms with E-state index in [2.05, 4.69) is 50.1 Å². The number of ketones is 4. The fraction of sp³-hybridized carbons (Fsp3) is 0.304. The Kier molecular flexibility index (Phi) is 30.0.